The molecule has 1 aromatic heterocycles. The minimum Gasteiger partial charge on any atom is -0.345 e. The second-order valence-corrected chi connectivity index (χ2v) is 6.41. The van der Waals surface area contributed by atoms with E-state index < -0.39 is 0 Å². The average Bonchev–Trinajstić information content (AvgIpc) is 2.86. The molecule has 4 heteroatoms. The van der Waals surface area contributed by atoms with Crippen molar-refractivity contribution in [3.8, 4) is 0 Å². The standard InChI is InChI=1S/C13H23N3S/c1-10(2)7-14-8-12-9-15-13(17-12)16-6-4-5-11(16)3/h9-11,14H,4-8H2,1-3H3. The van der Waals surface area contributed by atoms with Crippen LogP contribution in [-0.4, -0.2) is 24.1 Å². The second kappa shape index (κ2) is 5.83. The van der Waals surface area contributed by atoms with E-state index in [9.17, 15) is 0 Å². The van der Waals surface area contributed by atoms with Crippen LogP contribution in [0, 0.1) is 5.92 Å². The number of nitrogens with one attached hydrogen (secondary N) is 1. The minimum atomic E-state index is 0.664. The summed E-state index contributed by atoms with van der Waals surface area (Å²) < 4.78 is 0. The third-order valence-corrected chi connectivity index (χ3v) is 4.23. The highest BCUT2D eigenvalue weighted by molar-refractivity contribution is 7.15. The molecule has 1 saturated heterocycles. The summed E-state index contributed by atoms with van der Waals surface area (Å²) in [6, 6.07) is 0.664. The van der Waals surface area contributed by atoms with E-state index in [1.165, 1.54) is 29.4 Å². The third-order valence-electron chi connectivity index (χ3n) is 3.19. The molecule has 0 amide bonds. The minimum absolute atomic E-state index is 0.664. The molecular weight excluding hydrogens is 230 g/mol. The Labute approximate surface area is 108 Å². The molecule has 2 heterocycles. The SMILES string of the molecule is CC(C)CNCc1cnc(N2CCCC2C)s1. The molecule has 0 spiro atoms. The van der Waals surface area contributed by atoms with Crippen LogP contribution in [0.1, 0.15) is 38.5 Å². The van der Waals surface area contributed by atoms with Crippen LogP contribution < -0.4 is 10.2 Å². The van der Waals surface area contributed by atoms with Crippen molar-refractivity contribution in [1.82, 2.24) is 10.3 Å². The van der Waals surface area contributed by atoms with E-state index in [0.29, 0.717) is 12.0 Å². The highest BCUT2D eigenvalue weighted by Crippen LogP contribution is 2.29. The van der Waals surface area contributed by atoms with Crippen molar-refractivity contribution in [1.29, 1.82) is 0 Å². The van der Waals surface area contributed by atoms with Gasteiger partial charge in [-0.3, -0.25) is 0 Å². The number of hydrogen-bond donors (Lipinski definition) is 1. The van der Waals surface area contributed by atoms with Crippen molar-refractivity contribution in [3.63, 3.8) is 0 Å². The molecule has 96 valence electrons. The summed E-state index contributed by atoms with van der Waals surface area (Å²) in [5.41, 5.74) is 0. The van der Waals surface area contributed by atoms with Gasteiger partial charge < -0.3 is 10.2 Å². The highest BCUT2D eigenvalue weighted by Gasteiger charge is 2.22. The Morgan fingerprint density at radius 1 is 1.59 bits per heavy atom. The first-order chi connectivity index (χ1) is 8.16. The average molecular weight is 253 g/mol. The van der Waals surface area contributed by atoms with Gasteiger partial charge in [-0.25, -0.2) is 4.98 Å². The normalized spacial score (nSPS) is 20.5. The molecule has 0 radical (unpaired) electrons. The van der Waals surface area contributed by atoms with Crippen molar-refractivity contribution in [2.24, 2.45) is 5.92 Å². The van der Waals surface area contributed by atoms with E-state index >= 15 is 0 Å². The van der Waals surface area contributed by atoms with Crippen molar-refractivity contribution < 1.29 is 0 Å². The maximum Gasteiger partial charge on any atom is 0.185 e. The van der Waals surface area contributed by atoms with Gasteiger partial charge >= 0.3 is 0 Å². The summed E-state index contributed by atoms with van der Waals surface area (Å²) in [5, 5.41) is 4.67. The van der Waals surface area contributed by atoms with Crippen LogP contribution in [0.15, 0.2) is 6.20 Å². The van der Waals surface area contributed by atoms with Crippen LogP contribution in [-0.2, 0) is 6.54 Å². The van der Waals surface area contributed by atoms with Crippen molar-refractivity contribution in [2.45, 2.75) is 46.2 Å². The van der Waals surface area contributed by atoms with E-state index in [1.54, 1.807) is 0 Å². The van der Waals surface area contributed by atoms with Gasteiger partial charge in [-0.2, -0.15) is 0 Å². The molecule has 3 nitrogen and oxygen atoms in total. The Balaban J connectivity index is 1.87. The van der Waals surface area contributed by atoms with E-state index in [0.717, 1.165) is 13.1 Å². The maximum absolute atomic E-state index is 4.55. The zero-order valence-corrected chi connectivity index (χ0v) is 11.9. The van der Waals surface area contributed by atoms with Gasteiger partial charge in [0.05, 0.1) is 0 Å². The predicted molar refractivity (Wildman–Crippen MR) is 74.7 cm³/mol. The van der Waals surface area contributed by atoms with Crippen LogP contribution in [0.3, 0.4) is 0 Å². The van der Waals surface area contributed by atoms with Crippen molar-refractivity contribution in [2.75, 3.05) is 18.0 Å². The Morgan fingerprint density at radius 2 is 2.41 bits per heavy atom. The topological polar surface area (TPSA) is 28.2 Å². The number of thiazole rings is 1. The first-order valence-electron chi connectivity index (χ1n) is 6.59. The second-order valence-electron chi connectivity index (χ2n) is 5.32. The molecule has 2 rings (SSSR count). The van der Waals surface area contributed by atoms with E-state index in [2.05, 4.69) is 36.0 Å². The quantitative estimate of drug-likeness (QED) is 0.874. The van der Waals surface area contributed by atoms with Crippen LogP contribution in [0.2, 0.25) is 0 Å². The van der Waals surface area contributed by atoms with E-state index in [4.69, 9.17) is 0 Å². The third kappa shape index (κ3) is 3.42. The fraction of sp³-hybridized carbons (Fsp3) is 0.769. The van der Waals surface area contributed by atoms with Crippen LogP contribution in [0.4, 0.5) is 5.13 Å². The van der Waals surface area contributed by atoms with E-state index in [1.807, 2.05) is 17.5 Å². The molecule has 0 aromatic carbocycles. The summed E-state index contributed by atoms with van der Waals surface area (Å²) in [6.45, 7) is 9.97. The molecule has 1 atom stereocenters. The van der Waals surface area contributed by atoms with Gasteiger partial charge in [0.15, 0.2) is 5.13 Å². The lowest BCUT2D eigenvalue weighted by molar-refractivity contribution is 0.554. The molecule has 1 N–H and O–H groups in total. The molecule has 1 aromatic rings. The monoisotopic (exact) mass is 253 g/mol. The fourth-order valence-corrected chi connectivity index (χ4v) is 3.22. The molecule has 1 aliphatic rings. The van der Waals surface area contributed by atoms with Crippen molar-refractivity contribution >= 4 is 16.5 Å². The molecule has 1 fully saturated rings. The molecule has 0 saturated carbocycles. The first-order valence-corrected chi connectivity index (χ1v) is 7.40. The van der Waals surface area contributed by atoms with Crippen LogP contribution in [0.25, 0.3) is 0 Å². The zero-order chi connectivity index (χ0) is 12.3. The van der Waals surface area contributed by atoms with Gasteiger partial charge in [0.1, 0.15) is 0 Å². The largest absolute Gasteiger partial charge is 0.345 e. The Hall–Kier alpha value is -0.610. The summed E-state index contributed by atoms with van der Waals surface area (Å²) >= 11 is 1.84. The first kappa shape index (κ1) is 12.8. The van der Waals surface area contributed by atoms with Gasteiger partial charge in [0.25, 0.3) is 0 Å². The van der Waals surface area contributed by atoms with Crippen LogP contribution >= 0.6 is 11.3 Å². The maximum atomic E-state index is 4.55. The Kier molecular flexibility index (Phi) is 4.40. The molecule has 1 aliphatic heterocycles. The summed E-state index contributed by atoms with van der Waals surface area (Å²) in [7, 11) is 0. The molecule has 0 aliphatic carbocycles. The molecule has 0 bridgehead atoms. The Bertz CT molecular complexity index is 348. The summed E-state index contributed by atoms with van der Waals surface area (Å²) in [5.74, 6) is 0.709. The summed E-state index contributed by atoms with van der Waals surface area (Å²) in [6.07, 6.45) is 4.64. The van der Waals surface area contributed by atoms with Crippen molar-refractivity contribution in [3.05, 3.63) is 11.1 Å². The number of aromatic nitrogens is 1. The number of anilines is 1. The molecule has 17 heavy (non-hydrogen) atoms. The lowest BCUT2D eigenvalue weighted by Gasteiger charge is -2.19. The van der Waals surface area contributed by atoms with Gasteiger partial charge in [-0.15, -0.1) is 11.3 Å². The zero-order valence-electron chi connectivity index (χ0n) is 11.1. The van der Waals surface area contributed by atoms with Crippen LogP contribution in [0.5, 0.6) is 0 Å². The number of hydrogen-bond acceptors (Lipinski definition) is 4. The fourth-order valence-electron chi connectivity index (χ4n) is 2.21. The highest BCUT2D eigenvalue weighted by atomic mass is 32.1. The van der Waals surface area contributed by atoms with Gasteiger partial charge in [0, 0.05) is 30.2 Å². The Morgan fingerprint density at radius 3 is 3.06 bits per heavy atom. The molecule has 1 unspecified atom stereocenters. The molecular formula is C13H23N3S. The van der Waals surface area contributed by atoms with Gasteiger partial charge in [0.2, 0.25) is 0 Å². The summed E-state index contributed by atoms with van der Waals surface area (Å²) in [4.78, 5) is 8.34. The predicted octanol–water partition coefficient (Wildman–Crippen LogP) is 2.88. The number of nitrogens with zero attached hydrogens (tertiary/aromatic N) is 2. The van der Waals surface area contributed by atoms with E-state index in [-0.39, 0.29) is 0 Å². The van der Waals surface area contributed by atoms with Gasteiger partial charge in [-0.05, 0) is 32.2 Å². The van der Waals surface area contributed by atoms with Gasteiger partial charge in [-0.1, -0.05) is 13.8 Å². The smallest absolute Gasteiger partial charge is 0.185 e. The number of rotatable bonds is 5. The lowest BCUT2D eigenvalue weighted by atomic mass is 10.2. The lowest BCUT2D eigenvalue weighted by Crippen LogP contribution is -2.25.